The fourth-order valence-electron chi connectivity index (χ4n) is 1.71. The van der Waals surface area contributed by atoms with E-state index in [4.69, 9.17) is 5.11 Å². The van der Waals surface area contributed by atoms with Crippen molar-refractivity contribution in [2.75, 3.05) is 23.4 Å². The Hall–Kier alpha value is -1.82. The van der Waals surface area contributed by atoms with Gasteiger partial charge in [-0.2, -0.15) is 11.8 Å². The van der Waals surface area contributed by atoms with Gasteiger partial charge in [0.1, 0.15) is 0 Å². The standard InChI is InChI=1S/C13H15N3O2S/c1-2-19-7-6-14-13-15-8-10-9(12(17)18)4-3-5-11(10)16-13/h3-5,8H,2,6-7H2,1H3,(H,17,18)(H,14,15,16). The molecule has 0 bridgehead atoms. The van der Waals surface area contributed by atoms with Crippen LogP contribution in [0.3, 0.4) is 0 Å². The van der Waals surface area contributed by atoms with Gasteiger partial charge in [-0.05, 0) is 17.9 Å². The zero-order chi connectivity index (χ0) is 13.7. The van der Waals surface area contributed by atoms with Gasteiger partial charge in [0.2, 0.25) is 5.95 Å². The molecule has 100 valence electrons. The van der Waals surface area contributed by atoms with Crippen LogP contribution in [0.5, 0.6) is 0 Å². The largest absolute Gasteiger partial charge is 0.478 e. The third kappa shape index (κ3) is 3.35. The molecule has 2 aromatic rings. The molecule has 2 N–H and O–H groups in total. The minimum atomic E-state index is -0.964. The second-order valence-corrected chi connectivity index (χ2v) is 5.25. The normalized spacial score (nSPS) is 10.6. The van der Waals surface area contributed by atoms with Crippen LogP contribution in [-0.2, 0) is 0 Å². The molecular weight excluding hydrogens is 262 g/mol. The molecule has 0 aliphatic carbocycles. The third-order valence-corrected chi connectivity index (χ3v) is 3.49. The molecule has 0 saturated carbocycles. The quantitative estimate of drug-likeness (QED) is 0.790. The van der Waals surface area contributed by atoms with Crippen molar-refractivity contribution in [3.63, 3.8) is 0 Å². The van der Waals surface area contributed by atoms with E-state index in [9.17, 15) is 4.79 Å². The molecule has 1 aromatic heterocycles. The van der Waals surface area contributed by atoms with Crippen LogP contribution >= 0.6 is 11.8 Å². The van der Waals surface area contributed by atoms with Gasteiger partial charge in [-0.15, -0.1) is 0 Å². The number of anilines is 1. The van der Waals surface area contributed by atoms with E-state index >= 15 is 0 Å². The molecule has 0 atom stereocenters. The smallest absolute Gasteiger partial charge is 0.336 e. The van der Waals surface area contributed by atoms with Crippen LogP contribution in [0.25, 0.3) is 10.9 Å². The maximum absolute atomic E-state index is 11.1. The third-order valence-electron chi connectivity index (χ3n) is 2.59. The Labute approximate surface area is 115 Å². The number of fused-ring (bicyclic) bond motifs is 1. The molecule has 0 spiro atoms. The Morgan fingerprint density at radius 2 is 2.32 bits per heavy atom. The first-order valence-electron chi connectivity index (χ1n) is 6.03. The van der Waals surface area contributed by atoms with E-state index in [1.807, 2.05) is 11.8 Å². The number of carbonyl (C=O) groups is 1. The molecule has 1 heterocycles. The van der Waals surface area contributed by atoms with Gasteiger partial charge >= 0.3 is 5.97 Å². The Morgan fingerprint density at radius 1 is 1.47 bits per heavy atom. The van der Waals surface area contributed by atoms with Gasteiger partial charge in [-0.3, -0.25) is 0 Å². The first-order chi connectivity index (χ1) is 9.22. The van der Waals surface area contributed by atoms with Crippen LogP contribution in [0.2, 0.25) is 0 Å². The number of carboxylic acids is 1. The lowest BCUT2D eigenvalue weighted by molar-refractivity contribution is 0.0699. The predicted molar refractivity (Wildman–Crippen MR) is 78.0 cm³/mol. The van der Waals surface area contributed by atoms with E-state index in [1.54, 1.807) is 24.4 Å². The molecule has 19 heavy (non-hydrogen) atoms. The van der Waals surface area contributed by atoms with Gasteiger partial charge in [0.15, 0.2) is 0 Å². The molecule has 0 saturated heterocycles. The average Bonchev–Trinajstić information content (AvgIpc) is 2.42. The fourth-order valence-corrected chi connectivity index (χ4v) is 2.24. The summed E-state index contributed by atoms with van der Waals surface area (Å²) in [6.07, 6.45) is 1.56. The van der Waals surface area contributed by atoms with Gasteiger partial charge < -0.3 is 10.4 Å². The van der Waals surface area contributed by atoms with E-state index in [-0.39, 0.29) is 5.56 Å². The highest BCUT2D eigenvalue weighted by atomic mass is 32.2. The van der Waals surface area contributed by atoms with Crippen molar-refractivity contribution in [2.24, 2.45) is 0 Å². The van der Waals surface area contributed by atoms with Crippen LogP contribution in [0.15, 0.2) is 24.4 Å². The Balaban J connectivity index is 2.19. The maximum atomic E-state index is 11.1. The SMILES string of the molecule is CCSCCNc1ncc2c(C(=O)O)cccc2n1. The predicted octanol–water partition coefficient (Wildman–Crippen LogP) is 2.49. The number of aromatic carboxylic acids is 1. The maximum Gasteiger partial charge on any atom is 0.336 e. The number of benzene rings is 1. The number of carboxylic acid groups (broad SMARTS) is 1. The number of hydrogen-bond donors (Lipinski definition) is 2. The molecule has 2 rings (SSSR count). The van der Waals surface area contributed by atoms with Gasteiger partial charge in [0.25, 0.3) is 0 Å². The zero-order valence-electron chi connectivity index (χ0n) is 10.6. The minimum Gasteiger partial charge on any atom is -0.478 e. The van der Waals surface area contributed by atoms with Gasteiger partial charge in [-0.1, -0.05) is 13.0 Å². The molecule has 0 aliphatic rings. The van der Waals surface area contributed by atoms with Crippen LogP contribution in [-0.4, -0.2) is 39.1 Å². The summed E-state index contributed by atoms with van der Waals surface area (Å²) < 4.78 is 0. The van der Waals surface area contributed by atoms with Gasteiger partial charge in [-0.25, -0.2) is 14.8 Å². The molecule has 0 fully saturated rings. The molecule has 5 nitrogen and oxygen atoms in total. The number of nitrogens with one attached hydrogen (secondary N) is 1. The summed E-state index contributed by atoms with van der Waals surface area (Å²) in [5.41, 5.74) is 0.867. The number of thioether (sulfide) groups is 1. The monoisotopic (exact) mass is 277 g/mol. The number of aromatic nitrogens is 2. The molecule has 6 heteroatoms. The van der Waals surface area contributed by atoms with Crippen LogP contribution in [0.4, 0.5) is 5.95 Å². The number of hydrogen-bond acceptors (Lipinski definition) is 5. The summed E-state index contributed by atoms with van der Waals surface area (Å²) in [7, 11) is 0. The average molecular weight is 277 g/mol. The van der Waals surface area contributed by atoms with E-state index in [0.717, 1.165) is 18.1 Å². The molecular formula is C13H15N3O2S. The molecule has 0 unspecified atom stereocenters. The Kier molecular flexibility index (Phi) is 4.57. The topological polar surface area (TPSA) is 75.1 Å². The van der Waals surface area contributed by atoms with E-state index in [2.05, 4.69) is 22.2 Å². The lowest BCUT2D eigenvalue weighted by Crippen LogP contribution is -2.08. The highest BCUT2D eigenvalue weighted by Gasteiger charge is 2.09. The van der Waals surface area contributed by atoms with E-state index in [1.165, 1.54) is 0 Å². The second-order valence-electron chi connectivity index (χ2n) is 3.86. The summed E-state index contributed by atoms with van der Waals surface area (Å²) in [5, 5.41) is 12.8. The van der Waals surface area contributed by atoms with Gasteiger partial charge in [0.05, 0.1) is 11.1 Å². The van der Waals surface area contributed by atoms with E-state index < -0.39 is 5.97 Å². The summed E-state index contributed by atoms with van der Waals surface area (Å²) in [6.45, 7) is 2.91. The lowest BCUT2D eigenvalue weighted by Gasteiger charge is -2.06. The molecule has 0 aliphatic heterocycles. The van der Waals surface area contributed by atoms with Crippen molar-refractivity contribution < 1.29 is 9.90 Å². The van der Waals surface area contributed by atoms with Crippen molar-refractivity contribution in [1.82, 2.24) is 9.97 Å². The van der Waals surface area contributed by atoms with Crippen molar-refractivity contribution in [1.29, 1.82) is 0 Å². The molecule has 0 radical (unpaired) electrons. The Morgan fingerprint density at radius 3 is 3.05 bits per heavy atom. The fraction of sp³-hybridized carbons (Fsp3) is 0.308. The molecule has 0 amide bonds. The van der Waals surface area contributed by atoms with Gasteiger partial charge in [0, 0.05) is 23.9 Å². The number of rotatable bonds is 6. The first-order valence-corrected chi connectivity index (χ1v) is 7.18. The second kappa shape index (κ2) is 6.38. The summed E-state index contributed by atoms with van der Waals surface area (Å²) in [6, 6.07) is 5.03. The van der Waals surface area contributed by atoms with Crippen molar-refractivity contribution in [2.45, 2.75) is 6.92 Å². The van der Waals surface area contributed by atoms with Crippen molar-refractivity contribution in [3.8, 4) is 0 Å². The first kappa shape index (κ1) is 13.6. The highest BCUT2D eigenvalue weighted by molar-refractivity contribution is 7.99. The summed E-state index contributed by atoms with van der Waals surface area (Å²) in [4.78, 5) is 19.5. The van der Waals surface area contributed by atoms with Crippen LogP contribution in [0.1, 0.15) is 17.3 Å². The van der Waals surface area contributed by atoms with Crippen molar-refractivity contribution in [3.05, 3.63) is 30.0 Å². The zero-order valence-corrected chi connectivity index (χ0v) is 11.4. The Bertz CT molecular complexity index is 589. The van der Waals surface area contributed by atoms with Crippen LogP contribution in [0, 0.1) is 0 Å². The summed E-state index contributed by atoms with van der Waals surface area (Å²) in [5.74, 6) is 1.65. The number of nitrogens with zero attached hydrogens (tertiary/aromatic N) is 2. The highest BCUT2D eigenvalue weighted by Crippen LogP contribution is 2.17. The molecule has 1 aromatic carbocycles. The van der Waals surface area contributed by atoms with Crippen LogP contribution < -0.4 is 5.32 Å². The minimum absolute atomic E-state index is 0.227. The van der Waals surface area contributed by atoms with Crippen molar-refractivity contribution >= 4 is 34.6 Å². The summed E-state index contributed by atoms with van der Waals surface area (Å²) >= 11 is 1.84. The van der Waals surface area contributed by atoms with E-state index in [0.29, 0.717) is 16.9 Å². The lowest BCUT2D eigenvalue weighted by atomic mass is 10.1.